The summed E-state index contributed by atoms with van der Waals surface area (Å²) in [5.74, 6) is 0.635. The lowest BCUT2D eigenvalue weighted by atomic mass is 10.0. The molecule has 0 spiro atoms. The smallest absolute Gasteiger partial charge is 0.200 e. The van der Waals surface area contributed by atoms with Gasteiger partial charge in [0, 0.05) is 0 Å². The van der Waals surface area contributed by atoms with Crippen molar-refractivity contribution in [3.8, 4) is 11.1 Å². The maximum absolute atomic E-state index is 13.3. The van der Waals surface area contributed by atoms with Crippen molar-refractivity contribution in [1.82, 2.24) is 9.55 Å². The van der Waals surface area contributed by atoms with E-state index in [0.29, 0.717) is 28.8 Å². The van der Waals surface area contributed by atoms with Crippen molar-refractivity contribution in [2.75, 3.05) is 0 Å². The highest BCUT2D eigenvalue weighted by Gasteiger charge is 2.17. The van der Waals surface area contributed by atoms with Crippen LogP contribution in [0.2, 0.25) is 0 Å². The Kier molecular flexibility index (Phi) is 3.83. The molecule has 5 aromatic rings. The maximum Gasteiger partial charge on any atom is 0.200 e. The van der Waals surface area contributed by atoms with Gasteiger partial charge in [-0.25, -0.2) is 4.98 Å². The molecule has 0 amide bonds. The molecule has 0 atom stereocenters. The number of fused-ring (bicyclic) bond motifs is 2. The van der Waals surface area contributed by atoms with Crippen molar-refractivity contribution < 1.29 is 4.42 Å². The zero-order chi connectivity index (χ0) is 19.1. The van der Waals surface area contributed by atoms with E-state index in [1.165, 1.54) is 0 Å². The van der Waals surface area contributed by atoms with Gasteiger partial charge in [-0.1, -0.05) is 54.6 Å². The molecule has 2 aromatic heterocycles. The molecule has 0 bridgehead atoms. The second kappa shape index (κ2) is 6.50. The van der Waals surface area contributed by atoms with E-state index >= 15 is 0 Å². The first-order valence-corrected chi connectivity index (χ1v) is 9.23. The molecule has 3 aromatic carbocycles. The highest BCUT2D eigenvalue weighted by Crippen LogP contribution is 2.26. The first-order valence-electron chi connectivity index (χ1n) is 9.23. The van der Waals surface area contributed by atoms with Crippen molar-refractivity contribution >= 4 is 22.0 Å². The third kappa shape index (κ3) is 2.62. The van der Waals surface area contributed by atoms with Gasteiger partial charge in [0.05, 0.1) is 34.9 Å². The molecular formula is C24H18N2O2. The molecule has 0 aliphatic heterocycles. The Bertz CT molecular complexity index is 1360. The van der Waals surface area contributed by atoms with E-state index in [-0.39, 0.29) is 5.43 Å². The first-order chi connectivity index (χ1) is 13.7. The van der Waals surface area contributed by atoms with E-state index in [2.05, 4.69) is 4.98 Å². The van der Waals surface area contributed by atoms with Crippen LogP contribution in [0.15, 0.2) is 88.3 Å². The van der Waals surface area contributed by atoms with Crippen molar-refractivity contribution in [3.63, 3.8) is 0 Å². The van der Waals surface area contributed by atoms with Gasteiger partial charge in [-0.05, 0) is 36.2 Å². The fraction of sp³-hybridized carbons (Fsp3) is 0.0833. The number of aromatic nitrogens is 2. The molecule has 0 unspecified atom stereocenters. The molecule has 4 heteroatoms. The molecule has 4 nitrogen and oxygen atoms in total. The predicted molar refractivity (Wildman–Crippen MR) is 111 cm³/mol. The van der Waals surface area contributed by atoms with Crippen molar-refractivity contribution in [1.29, 1.82) is 0 Å². The highest BCUT2D eigenvalue weighted by atomic mass is 16.3. The Balaban J connectivity index is 1.76. The normalized spacial score (nSPS) is 11.3. The molecule has 2 heterocycles. The van der Waals surface area contributed by atoms with Crippen molar-refractivity contribution in [2.45, 2.75) is 13.5 Å². The minimum absolute atomic E-state index is 0.0105. The average Bonchev–Trinajstić information content (AvgIpc) is 3.13. The maximum atomic E-state index is 13.3. The van der Waals surface area contributed by atoms with Crippen LogP contribution < -0.4 is 5.43 Å². The molecule has 0 N–H and O–H groups in total. The fourth-order valence-corrected chi connectivity index (χ4v) is 3.71. The minimum atomic E-state index is -0.0105. The summed E-state index contributed by atoms with van der Waals surface area (Å²) in [7, 11) is 0. The van der Waals surface area contributed by atoms with Gasteiger partial charge in [0.2, 0.25) is 5.43 Å². The van der Waals surface area contributed by atoms with Crippen molar-refractivity contribution in [3.05, 3.63) is 101 Å². The number of rotatable bonds is 3. The number of hydrogen-bond donors (Lipinski definition) is 0. The van der Waals surface area contributed by atoms with Gasteiger partial charge in [-0.3, -0.25) is 4.79 Å². The van der Waals surface area contributed by atoms with E-state index in [1.54, 1.807) is 0 Å². The number of nitrogens with zero attached hydrogens (tertiary/aromatic N) is 2. The Hall–Kier alpha value is -3.66. The van der Waals surface area contributed by atoms with Crippen LogP contribution >= 0.6 is 0 Å². The lowest BCUT2D eigenvalue weighted by Gasteiger charge is -2.11. The zero-order valence-corrected chi connectivity index (χ0v) is 15.4. The Morgan fingerprint density at radius 1 is 0.929 bits per heavy atom. The standard InChI is InChI=1S/C24H18N2O2/c1-16-8-7-12-19-23(16)25-15-26(19)14-21-22(17-9-3-2-4-10-17)24(27)18-11-5-6-13-20(18)28-21/h2-13,15H,14H2,1H3. The molecular weight excluding hydrogens is 348 g/mol. The van der Waals surface area contributed by atoms with E-state index in [9.17, 15) is 4.79 Å². The van der Waals surface area contributed by atoms with Crippen LogP contribution in [-0.4, -0.2) is 9.55 Å². The van der Waals surface area contributed by atoms with Gasteiger partial charge in [-0.2, -0.15) is 0 Å². The lowest BCUT2D eigenvalue weighted by Crippen LogP contribution is -2.11. The van der Waals surface area contributed by atoms with Gasteiger partial charge in [0.1, 0.15) is 11.3 Å². The summed E-state index contributed by atoms with van der Waals surface area (Å²) < 4.78 is 8.26. The van der Waals surface area contributed by atoms with Crippen LogP contribution in [0.3, 0.4) is 0 Å². The largest absolute Gasteiger partial charge is 0.458 e. The average molecular weight is 366 g/mol. The lowest BCUT2D eigenvalue weighted by molar-refractivity contribution is 0.522. The Morgan fingerprint density at radius 2 is 1.71 bits per heavy atom. The van der Waals surface area contributed by atoms with Gasteiger partial charge in [0.25, 0.3) is 0 Å². The number of imidazole rings is 1. The summed E-state index contributed by atoms with van der Waals surface area (Å²) in [6.45, 7) is 2.48. The third-order valence-corrected chi connectivity index (χ3v) is 5.10. The van der Waals surface area contributed by atoms with Crippen molar-refractivity contribution in [2.24, 2.45) is 0 Å². The summed E-state index contributed by atoms with van der Waals surface area (Å²) >= 11 is 0. The first kappa shape index (κ1) is 16.5. The van der Waals surface area contributed by atoms with E-state index in [4.69, 9.17) is 4.42 Å². The molecule has 0 aliphatic rings. The highest BCUT2D eigenvalue weighted by molar-refractivity contribution is 5.83. The Morgan fingerprint density at radius 3 is 2.57 bits per heavy atom. The van der Waals surface area contributed by atoms with E-state index in [0.717, 1.165) is 22.2 Å². The quantitative estimate of drug-likeness (QED) is 0.443. The number of benzene rings is 3. The van der Waals surface area contributed by atoms with Crippen LogP contribution in [0.4, 0.5) is 0 Å². The Labute approximate surface area is 161 Å². The van der Waals surface area contributed by atoms with Crippen LogP contribution in [0.1, 0.15) is 11.3 Å². The summed E-state index contributed by atoms with van der Waals surface area (Å²) in [5.41, 5.74) is 5.17. The van der Waals surface area contributed by atoms with Crippen LogP contribution in [0, 0.1) is 6.92 Å². The van der Waals surface area contributed by atoms with E-state index < -0.39 is 0 Å². The number of para-hydroxylation sites is 2. The summed E-state index contributed by atoms with van der Waals surface area (Å²) in [6, 6.07) is 23.2. The molecule has 28 heavy (non-hydrogen) atoms. The zero-order valence-electron chi connectivity index (χ0n) is 15.4. The fourth-order valence-electron chi connectivity index (χ4n) is 3.71. The third-order valence-electron chi connectivity index (χ3n) is 5.10. The number of hydrogen-bond acceptors (Lipinski definition) is 3. The van der Waals surface area contributed by atoms with Crippen LogP contribution in [0.25, 0.3) is 33.1 Å². The van der Waals surface area contributed by atoms with E-state index in [1.807, 2.05) is 90.6 Å². The second-order valence-electron chi connectivity index (χ2n) is 6.91. The number of aryl methyl sites for hydroxylation is 1. The molecule has 136 valence electrons. The SMILES string of the molecule is Cc1cccc2c1ncn2Cc1oc2ccccc2c(=O)c1-c1ccccc1. The van der Waals surface area contributed by atoms with Crippen LogP contribution in [-0.2, 0) is 6.54 Å². The minimum Gasteiger partial charge on any atom is -0.458 e. The van der Waals surface area contributed by atoms with Gasteiger partial charge in [0.15, 0.2) is 0 Å². The summed E-state index contributed by atoms with van der Waals surface area (Å²) in [6.07, 6.45) is 1.81. The van der Waals surface area contributed by atoms with Crippen LogP contribution in [0.5, 0.6) is 0 Å². The topological polar surface area (TPSA) is 48.0 Å². The molecule has 0 radical (unpaired) electrons. The van der Waals surface area contributed by atoms with Gasteiger partial charge < -0.3 is 8.98 Å². The second-order valence-corrected chi connectivity index (χ2v) is 6.91. The van der Waals surface area contributed by atoms with Gasteiger partial charge >= 0.3 is 0 Å². The molecule has 0 saturated carbocycles. The summed E-state index contributed by atoms with van der Waals surface area (Å²) in [4.78, 5) is 17.9. The summed E-state index contributed by atoms with van der Waals surface area (Å²) in [5, 5.41) is 0.594. The monoisotopic (exact) mass is 366 g/mol. The predicted octanol–water partition coefficient (Wildman–Crippen LogP) is 5.17. The molecule has 0 saturated heterocycles. The molecule has 5 rings (SSSR count). The molecule has 0 aliphatic carbocycles. The van der Waals surface area contributed by atoms with Gasteiger partial charge in [-0.15, -0.1) is 0 Å². The molecule has 0 fully saturated rings.